The molecule has 0 radical (unpaired) electrons. The van der Waals surface area contributed by atoms with E-state index in [-0.39, 0.29) is 25.7 Å². The highest BCUT2D eigenvalue weighted by Gasteiger charge is 2.48. The lowest BCUT2D eigenvalue weighted by Crippen LogP contribution is -2.63. The van der Waals surface area contributed by atoms with Gasteiger partial charge in [0.2, 0.25) is 5.91 Å². The molecule has 7 nitrogen and oxygen atoms in total. The fraction of sp³-hybridized carbons (Fsp3) is 0.310. The van der Waals surface area contributed by atoms with E-state index in [0.29, 0.717) is 6.61 Å². The smallest absolute Gasteiger partial charge is 0.331 e. The summed E-state index contributed by atoms with van der Waals surface area (Å²) in [5.41, 5.74) is 2.92. The van der Waals surface area contributed by atoms with Crippen LogP contribution in [0, 0.1) is 0 Å². The standard InChI is InChI=1S/C29H31NO6/c1-21(31)30-26-28(35-19-24-15-9-4-10-16-24)27(34-18-23-13-7-3-8-14-23)25(36-29(26)32)20-33-17-22-11-5-2-6-12-22/h2-16,25-28H,17-20H2,1H3,(H,30,31)/t25-,26+,27-,28-/m1/s1. The van der Waals surface area contributed by atoms with Crippen LogP contribution in [0.4, 0.5) is 0 Å². The third-order valence-corrected chi connectivity index (χ3v) is 5.86. The molecule has 4 rings (SSSR count). The lowest BCUT2D eigenvalue weighted by Gasteiger charge is -2.41. The Morgan fingerprint density at radius 1 is 0.750 bits per heavy atom. The lowest BCUT2D eigenvalue weighted by molar-refractivity contribution is -0.213. The molecule has 7 heteroatoms. The highest BCUT2D eigenvalue weighted by molar-refractivity contribution is 5.84. The van der Waals surface area contributed by atoms with Gasteiger partial charge in [-0.3, -0.25) is 4.79 Å². The van der Waals surface area contributed by atoms with E-state index in [2.05, 4.69) is 5.32 Å². The average Bonchev–Trinajstić information content (AvgIpc) is 2.90. The molecule has 0 saturated carbocycles. The number of nitrogens with one attached hydrogen (secondary N) is 1. The Morgan fingerprint density at radius 2 is 1.22 bits per heavy atom. The molecule has 1 heterocycles. The lowest BCUT2D eigenvalue weighted by atomic mass is 9.96. The SMILES string of the molecule is CC(=O)N[C@@H]1C(=O)O[C@H](COCc2ccccc2)[C@@H](OCc2ccccc2)[C@@H]1OCc1ccccc1. The van der Waals surface area contributed by atoms with Gasteiger partial charge in [-0.1, -0.05) is 91.0 Å². The van der Waals surface area contributed by atoms with Crippen LogP contribution in [0.2, 0.25) is 0 Å². The van der Waals surface area contributed by atoms with E-state index in [1.54, 1.807) is 0 Å². The van der Waals surface area contributed by atoms with Gasteiger partial charge in [-0.05, 0) is 16.7 Å². The quantitative estimate of drug-likeness (QED) is 0.413. The summed E-state index contributed by atoms with van der Waals surface area (Å²) in [7, 11) is 0. The number of benzene rings is 3. The summed E-state index contributed by atoms with van der Waals surface area (Å²) in [6.07, 6.45) is -2.15. The zero-order valence-corrected chi connectivity index (χ0v) is 20.2. The van der Waals surface area contributed by atoms with Gasteiger partial charge in [0.15, 0.2) is 12.1 Å². The first kappa shape index (κ1) is 25.6. The first-order valence-corrected chi connectivity index (χ1v) is 12.0. The Bertz CT molecular complexity index is 1090. The molecular formula is C29H31NO6. The Labute approximate surface area is 211 Å². The highest BCUT2D eigenvalue weighted by atomic mass is 16.6. The number of amides is 1. The third kappa shape index (κ3) is 7.24. The summed E-state index contributed by atoms with van der Waals surface area (Å²) in [4.78, 5) is 24.9. The molecule has 0 aliphatic carbocycles. The molecule has 1 amide bonds. The highest BCUT2D eigenvalue weighted by Crippen LogP contribution is 2.26. The Morgan fingerprint density at radius 3 is 1.72 bits per heavy atom. The van der Waals surface area contributed by atoms with Gasteiger partial charge in [0, 0.05) is 6.92 Å². The first-order valence-electron chi connectivity index (χ1n) is 12.0. The van der Waals surface area contributed by atoms with Crippen molar-refractivity contribution in [2.75, 3.05) is 6.61 Å². The molecule has 1 N–H and O–H groups in total. The van der Waals surface area contributed by atoms with Crippen molar-refractivity contribution in [3.8, 4) is 0 Å². The fourth-order valence-electron chi connectivity index (χ4n) is 4.11. The van der Waals surface area contributed by atoms with Crippen LogP contribution in [0.1, 0.15) is 23.6 Å². The summed E-state index contributed by atoms with van der Waals surface area (Å²) in [6, 6.07) is 28.1. The molecule has 0 bridgehead atoms. The zero-order valence-electron chi connectivity index (χ0n) is 20.2. The van der Waals surface area contributed by atoms with Crippen LogP contribution in [0.3, 0.4) is 0 Å². The third-order valence-electron chi connectivity index (χ3n) is 5.86. The Hall–Kier alpha value is -3.52. The van der Waals surface area contributed by atoms with Crippen LogP contribution in [0.25, 0.3) is 0 Å². The molecule has 3 aromatic carbocycles. The summed E-state index contributed by atoms with van der Waals surface area (Å²) in [5, 5.41) is 2.69. The van der Waals surface area contributed by atoms with Crippen molar-refractivity contribution in [1.29, 1.82) is 0 Å². The normalized spacial score (nSPS) is 21.5. The molecule has 0 aromatic heterocycles. The predicted molar refractivity (Wildman–Crippen MR) is 134 cm³/mol. The Balaban J connectivity index is 1.54. The average molecular weight is 490 g/mol. The molecule has 1 aliphatic heterocycles. The van der Waals surface area contributed by atoms with Crippen molar-refractivity contribution in [2.24, 2.45) is 0 Å². The topological polar surface area (TPSA) is 83.1 Å². The maximum atomic E-state index is 13.0. The number of rotatable bonds is 11. The minimum absolute atomic E-state index is 0.123. The Kier molecular flexibility index (Phi) is 9.21. The number of ether oxygens (including phenoxy) is 4. The molecular weight excluding hydrogens is 458 g/mol. The van der Waals surface area contributed by atoms with E-state index < -0.39 is 30.3 Å². The van der Waals surface area contributed by atoms with Crippen LogP contribution >= 0.6 is 0 Å². The molecule has 1 aliphatic rings. The minimum Gasteiger partial charge on any atom is -0.455 e. The summed E-state index contributed by atoms with van der Waals surface area (Å²) >= 11 is 0. The van der Waals surface area contributed by atoms with Crippen LogP contribution in [-0.2, 0) is 48.4 Å². The maximum Gasteiger partial charge on any atom is 0.331 e. The van der Waals surface area contributed by atoms with Crippen molar-refractivity contribution in [1.82, 2.24) is 5.32 Å². The molecule has 1 fully saturated rings. The monoisotopic (exact) mass is 489 g/mol. The van der Waals surface area contributed by atoms with Crippen molar-refractivity contribution in [2.45, 2.75) is 51.1 Å². The maximum absolute atomic E-state index is 13.0. The van der Waals surface area contributed by atoms with Gasteiger partial charge in [-0.25, -0.2) is 4.79 Å². The summed E-state index contributed by atoms with van der Waals surface area (Å²) in [6.45, 7) is 2.38. The number of cyclic esters (lactones) is 1. The number of esters is 1. The van der Waals surface area contributed by atoms with Crippen molar-refractivity contribution >= 4 is 11.9 Å². The van der Waals surface area contributed by atoms with Crippen LogP contribution < -0.4 is 5.32 Å². The number of carbonyl (C=O) groups excluding carboxylic acids is 2. The number of hydrogen-bond acceptors (Lipinski definition) is 6. The van der Waals surface area contributed by atoms with Gasteiger partial charge in [-0.15, -0.1) is 0 Å². The second-order valence-corrected chi connectivity index (χ2v) is 8.68. The molecule has 3 aromatic rings. The molecule has 1 saturated heterocycles. The number of carbonyl (C=O) groups is 2. The zero-order chi connectivity index (χ0) is 25.2. The van der Waals surface area contributed by atoms with Gasteiger partial charge in [0.25, 0.3) is 0 Å². The summed E-state index contributed by atoms with van der Waals surface area (Å²) in [5.74, 6) is -0.929. The van der Waals surface area contributed by atoms with Gasteiger partial charge in [0.05, 0.1) is 26.4 Å². The van der Waals surface area contributed by atoms with E-state index >= 15 is 0 Å². The van der Waals surface area contributed by atoms with Gasteiger partial charge in [0.1, 0.15) is 12.2 Å². The first-order chi connectivity index (χ1) is 17.6. The molecule has 0 unspecified atom stereocenters. The van der Waals surface area contributed by atoms with Crippen molar-refractivity contribution < 1.29 is 28.5 Å². The predicted octanol–water partition coefficient (Wildman–Crippen LogP) is 3.80. The van der Waals surface area contributed by atoms with E-state index in [9.17, 15) is 9.59 Å². The molecule has 188 valence electrons. The van der Waals surface area contributed by atoms with Crippen LogP contribution in [0.5, 0.6) is 0 Å². The summed E-state index contributed by atoms with van der Waals surface area (Å²) < 4.78 is 24.2. The van der Waals surface area contributed by atoms with Gasteiger partial charge >= 0.3 is 5.97 Å². The van der Waals surface area contributed by atoms with E-state index in [1.165, 1.54) is 6.92 Å². The van der Waals surface area contributed by atoms with Gasteiger partial charge < -0.3 is 24.3 Å². The second-order valence-electron chi connectivity index (χ2n) is 8.68. The van der Waals surface area contributed by atoms with Gasteiger partial charge in [-0.2, -0.15) is 0 Å². The van der Waals surface area contributed by atoms with Crippen molar-refractivity contribution in [3.05, 3.63) is 108 Å². The largest absolute Gasteiger partial charge is 0.455 e. The molecule has 0 spiro atoms. The molecule has 4 atom stereocenters. The fourth-order valence-corrected chi connectivity index (χ4v) is 4.11. The van der Waals surface area contributed by atoms with E-state index in [1.807, 2.05) is 91.0 Å². The molecule has 36 heavy (non-hydrogen) atoms. The van der Waals surface area contributed by atoms with E-state index in [0.717, 1.165) is 16.7 Å². The second kappa shape index (κ2) is 13.0. The number of hydrogen-bond donors (Lipinski definition) is 1. The van der Waals surface area contributed by atoms with Crippen LogP contribution in [0.15, 0.2) is 91.0 Å². The van der Waals surface area contributed by atoms with Crippen LogP contribution in [-0.4, -0.2) is 42.8 Å². The minimum atomic E-state index is -1.00. The van der Waals surface area contributed by atoms with E-state index in [4.69, 9.17) is 18.9 Å². The van der Waals surface area contributed by atoms with Crippen molar-refractivity contribution in [3.63, 3.8) is 0 Å².